The highest BCUT2D eigenvalue weighted by atomic mass is 16.5. The van der Waals surface area contributed by atoms with Crippen LogP contribution in [-0.2, 0) is 6.42 Å². The topological polar surface area (TPSA) is 15.7 Å². The van der Waals surface area contributed by atoms with E-state index in [9.17, 15) is 0 Å². The van der Waals surface area contributed by atoms with E-state index in [1.54, 1.807) is 0 Å². The van der Waals surface area contributed by atoms with Crippen molar-refractivity contribution in [1.82, 2.24) is 0 Å². The van der Waals surface area contributed by atoms with Crippen molar-refractivity contribution in [2.75, 3.05) is 36.0 Å². The zero-order valence-corrected chi connectivity index (χ0v) is 16.4. The van der Waals surface area contributed by atoms with E-state index >= 15 is 0 Å². The summed E-state index contributed by atoms with van der Waals surface area (Å²) in [7, 11) is 0. The first-order valence-electron chi connectivity index (χ1n) is 9.57. The molecule has 2 aromatic rings. The quantitative estimate of drug-likeness (QED) is 0.422. The van der Waals surface area contributed by atoms with E-state index < -0.39 is 0 Å². The second kappa shape index (κ2) is 9.14. The van der Waals surface area contributed by atoms with Crippen LogP contribution in [0.5, 0.6) is 11.5 Å². The van der Waals surface area contributed by atoms with Gasteiger partial charge in [0.1, 0.15) is 11.5 Å². The molecule has 1 aliphatic heterocycles. The summed E-state index contributed by atoms with van der Waals surface area (Å²) in [5.74, 6) is 1.83. The fourth-order valence-corrected chi connectivity index (χ4v) is 3.48. The van der Waals surface area contributed by atoms with E-state index in [0.29, 0.717) is 0 Å². The summed E-state index contributed by atoms with van der Waals surface area (Å²) >= 11 is 0. The Bertz CT molecular complexity index is 793. The van der Waals surface area contributed by atoms with Gasteiger partial charge in [0.15, 0.2) is 0 Å². The molecule has 0 radical (unpaired) electrons. The van der Waals surface area contributed by atoms with Crippen LogP contribution >= 0.6 is 0 Å². The highest BCUT2D eigenvalue weighted by molar-refractivity contribution is 5.62. The standard InChI is InChI=1S/C25H28N2O/c1-5-13-26(14-6-2)22-11-9-20-17-21-10-12-23(27(15-7-3)16-8-4)19-25(21)28-24(20)18-22/h5-12,18-19H,1-4,13-17H2. The molecule has 0 fully saturated rings. The molecular weight excluding hydrogens is 344 g/mol. The third-order valence-corrected chi connectivity index (χ3v) is 4.83. The molecule has 3 heteroatoms. The average Bonchev–Trinajstić information content (AvgIpc) is 2.71. The van der Waals surface area contributed by atoms with Crippen molar-refractivity contribution < 1.29 is 4.74 Å². The minimum atomic E-state index is 0.767. The average molecular weight is 373 g/mol. The number of ether oxygens (including phenoxy) is 1. The van der Waals surface area contributed by atoms with Crippen molar-refractivity contribution in [2.45, 2.75) is 6.42 Å². The number of benzene rings is 2. The van der Waals surface area contributed by atoms with E-state index in [1.165, 1.54) is 11.1 Å². The molecule has 1 aliphatic rings. The Labute approximate surface area is 168 Å². The summed E-state index contributed by atoms with van der Waals surface area (Å²) in [6, 6.07) is 12.8. The Morgan fingerprint density at radius 1 is 0.679 bits per heavy atom. The van der Waals surface area contributed by atoms with E-state index in [4.69, 9.17) is 4.74 Å². The summed E-state index contributed by atoms with van der Waals surface area (Å²) < 4.78 is 6.31. The van der Waals surface area contributed by atoms with Gasteiger partial charge >= 0.3 is 0 Å². The molecule has 0 atom stereocenters. The molecule has 3 rings (SSSR count). The van der Waals surface area contributed by atoms with Crippen LogP contribution in [0.25, 0.3) is 0 Å². The molecule has 2 aromatic carbocycles. The van der Waals surface area contributed by atoms with Crippen molar-refractivity contribution in [1.29, 1.82) is 0 Å². The fraction of sp³-hybridized carbons (Fsp3) is 0.200. The van der Waals surface area contributed by atoms with Crippen LogP contribution in [-0.4, -0.2) is 26.2 Å². The molecule has 0 amide bonds. The molecule has 144 valence electrons. The zero-order chi connectivity index (χ0) is 19.9. The van der Waals surface area contributed by atoms with Crippen LogP contribution < -0.4 is 14.5 Å². The lowest BCUT2D eigenvalue weighted by molar-refractivity contribution is 0.460. The van der Waals surface area contributed by atoms with Gasteiger partial charge in [-0.3, -0.25) is 0 Å². The van der Waals surface area contributed by atoms with Crippen molar-refractivity contribution in [2.24, 2.45) is 0 Å². The molecular formula is C25H28N2O. The Morgan fingerprint density at radius 3 is 1.43 bits per heavy atom. The van der Waals surface area contributed by atoms with Gasteiger partial charge in [-0.25, -0.2) is 0 Å². The van der Waals surface area contributed by atoms with Gasteiger partial charge in [-0.05, 0) is 23.3 Å². The third kappa shape index (κ3) is 4.20. The lowest BCUT2D eigenvalue weighted by atomic mass is 9.99. The Hall–Kier alpha value is -3.20. The van der Waals surface area contributed by atoms with Crippen molar-refractivity contribution in [3.63, 3.8) is 0 Å². The first-order chi connectivity index (χ1) is 13.7. The summed E-state index contributed by atoms with van der Waals surface area (Å²) in [5.41, 5.74) is 4.63. The van der Waals surface area contributed by atoms with Crippen LogP contribution in [0.2, 0.25) is 0 Å². The monoisotopic (exact) mass is 372 g/mol. The molecule has 0 spiro atoms. The maximum Gasteiger partial charge on any atom is 0.133 e. The number of hydrogen-bond donors (Lipinski definition) is 0. The van der Waals surface area contributed by atoms with Gasteiger partial charge in [0.05, 0.1) is 0 Å². The van der Waals surface area contributed by atoms with Crippen LogP contribution in [0.15, 0.2) is 87.0 Å². The molecule has 0 unspecified atom stereocenters. The second-order valence-corrected chi connectivity index (χ2v) is 6.83. The molecule has 0 bridgehead atoms. The zero-order valence-electron chi connectivity index (χ0n) is 16.4. The van der Waals surface area contributed by atoms with Gasteiger partial charge in [-0.1, -0.05) is 36.4 Å². The molecule has 3 nitrogen and oxygen atoms in total. The van der Waals surface area contributed by atoms with Gasteiger partial charge in [0, 0.05) is 56.1 Å². The Kier molecular flexibility index (Phi) is 6.38. The van der Waals surface area contributed by atoms with Crippen molar-refractivity contribution in [3.05, 3.63) is 98.1 Å². The molecule has 0 N–H and O–H groups in total. The van der Waals surface area contributed by atoms with Crippen molar-refractivity contribution in [3.8, 4) is 11.5 Å². The highest BCUT2D eigenvalue weighted by Crippen LogP contribution is 2.40. The van der Waals surface area contributed by atoms with E-state index in [0.717, 1.165) is 55.5 Å². The summed E-state index contributed by atoms with van der Waals surface area (Å²) in [6.45, 7) is 18.5. The molecule has 28 heavy (non-hydrogen) atoms. The predicted molar refractivity (Wildman–Crippen MR) is 121 cm³/mol. The maximum atomic E-state index is 6.31. The lowest BCUT2D eigenvalue weighted by Crippen LogP contribution is -2.23. The first-order valence-corrected chi connectivity index (χ1v) is 9.57. The fourth-order valence-electron chi connectivity index (χ4n) is 3.48. The maximum absolute atomic E-state index is 6.31. The molecule has 1 heterocycles. The minimum absolute atomic E-state index is 0.767. The molecule has 0 aromatic heterocycles. The van der Waals surface area contributed by atoms with Crippen LogP contribution in [0.4, 0.5) is 11.4 Å². The van der Waals surface area contributed by atoms with Gasteiger partial charge in [0.2, 0.25) is 0 Å². The van der Waals surface area contributed by atoms with Gasteiger partial charge in [-0.15, -0.1) is 26.3 Å². The summed E-state index contributed by atoms with van der Waals surface area (Å²) in [5, 5.41) is 0. The number of anilines is 2. The van der Waals surface area contributed by atoms with E-state index in [2.05, 4.69) is 72.5 Å². The number of rotatable bonds is 10. The summed E-state index contributed by atoms with van der Waals surface area (Å²) in [6.07, 6.45) is 8.48. The number of fused-ring (bicyclic) bond motifs is 2. The largest absolute Gasteiger partial charge is 0.457 e. The van der Waals surface area contributed by atoms with E-state index in [1.807, 2.05) is 24.3 Å². The van der Waals surface area contributed by atoms with Crippen molar-refractivity contribution >= 4 is 11.4 Å². The molecule has 0 aliphatic carbocycles. The van der Waals surface area contributed by atoms with Gasteiger partial charge < -0.3 is 14.5 Å². The smallest absolute Gasteiger partial charge is 0.133 e. The number of hydrogen-bond acceptors (Lipinski definition) is 3. The van der Waals surface area contributed by atoms with E-state index in [-0.39, 0.29) is 0 Å². The highest BCUT2D eigenvalue weighted by Gasteiger charge is 2.19. The summed E-state index contributed by atoms with van der Waals surface area (Å²) in [4.78, 5) is 4.43. The normalized spacial score (nSPS) is 11.4. The van der Waals surface area contributed by atoms with Crippen LogP contribution in [0, 0.1) is 0 Å². The van der Waals surface area contributed by atoms with Crippen LogP contribution in [0.3, 0.4) is 0 Å². The molecule has 0 saturated carbocycles. The van der Waals surface area contributed by atoms with Crippen LogP contribution in [0.1, 0.15) is 11.1 Å². The lowest BCUT2D eigenvalue weighted by Gasteiger charge is -2.27. The Balaban J connectivity index is 1.89. The number of nitrogens with zero attached hydrogens (tertiary/aromatic N) is 2. The Morgan fingerprint density at radius 2 is 1.07 bits per heavy atom. The third-order valence-electron chi connectivity index (χ3n) is 4.83. The SMILES string of the molecule is C=CCN(CC=C)c1ccc2c(c1)Oc1cc(N(CC=C)CC=C)ccc1C2. The first kappa shape index (κ1) is 19.6. The van der Waals surface area contributed by atoms with Gasteiger partial charge in [0.25, 0.3) is 0 Å². The predicted octanol–water partition coefficient (Wildman–Crippen LogP) is 5.74. The molecule has 0 saturated heterocycles. The second-order valence-electron chi connectivity index (χ2n) is 6.83. The minimum Gasteiger partial charge on any atom is -0.457 e. The van der Waals surface area contributed by atoms with Gasteiger partial charge in [-0.2, -0.15) is 0 Å².